The lowest BCUT2D eigenvalue weighted by Crippen LogP contribution is -2.13. The fraction of sp³-hybridized carbons (Fsp3) is 0.604. The molecule has 3 N–H and O–H groups in total. The van der Waals surface area contributed by atoms with Gasteiger partial charge in [-0.15, -0.1) is 0 Å². The van der Waals surface area contributed by atoms with E-state index in [4.69, 9.17) is 10.2 Å². The van der Waals surface area contributed by atoms with Crippen molar-refractivity contribution in [3.05, 3.63) is 106 Å². The van der Waals surface area contributed by atoms with Crippen molar-refractivity contribution < 1.29 is 29.7 Å². The lowest BCUT2D eigenvalue weighted by molar-refractivity contribution is 0.0684. The van der Waals surface area contributed by atoms with Crippen LogP contribution >= 0.6 is 0 Å². The van der Waals surface area contributed by atoms with Gasteiger partial charge in [0.2, 0.25) is 0 Å². The molecule has 3 rings (SSSR count). The number of carboxylic acids is 3. The van der Waals surface area contributed by atoms with Crippen molar-refractivity contribution in [2.75, 3.05) is 0 Å². The van der Waals surface area contributed by atoms with Crippen LogP contribution in [0, 0.1) is 11.8 Å². The molecular formula is C53H82O6. The molecular weight excluding hydrogens is 733 g/mol. The Balaban J connectivity index is 0.000000456. The van der Waals surface area contributed by atoms with E-state index < -0.39 is 17.9 Å². The second-order valence-electron chi connectivity index (χ2n) is 16.5. The van der Waals surface area contributed by atoms with Crippen LogP contribution in [-0.4, -0.2) is 33.2 Å². The zero-order valence-corrected chi connectivity index (χ0v) is 38.4. The van der Waals surface area contributed by atoms with Crippen LogP contribution in [0.25, 0.3) is 0 Å². The average Bonchev–Trinajstić information content (AvgIpc) is 3.24. The second-order valence-corrected chi connectivity index (χ2v) is 16.5. The van der Waals surface area contributed by atoms with Gasteiger partial charge in [-0.25, -0.2) is 14.4 Å². The number of benzene rings is 3. The molecule has 3 aromatic rings. The summed E-state index contributed by atoms with van der Waals surface area (Å²) in [5.41, 5.74) is 5.85. The molecule has 330 valence electrons. The molecule has 0 bridgehead atoms. The predicted octanol–water partition coefficient (Wildman–Crippen LogP) is 15.8. The first-order valence-electron chi connectivity index (χ1n) is 23.5. The Kier molecular flexibility index (Phi) is 28.7. The van der Waals surface area contributed by atoms with Gasteiger partial charge in [0, 0.05) is 0 Å². The Morgan fingerprint density at radius 3 is 1.19 bits per heavy atom. The maximum atomic E-state index is 11.9. The molecule has 0 aromatic heterocycles. The van der Waals surface area contributed by atoms with Gasteiger partial charge in [-0.05, 0) is 103 Å². The topological polar surface area (TPSA) is 112 Å². The average molecular weight is 815 g/mol. The van der Waals surface area contributed by atoms with E-state index in [0.29, 0.717) is 40.4 Å². The van der Waals surface area contributed by atoms with Crippen LogP contribution in [0.3, 0.4) is 0 Å². The molecule has 0 fully saturated rings. The minimum Gasteiger partial charge on any atom is -0.478 e. The SMILES string of the molecule is CCCCC(CC)Cc1ccccc1C(=O)O.CCCCC(CC)Cc1ccccc1C(=O)O.CCCCCC(CC)c1cccc(C(=O)O)c1C(CC)CCCCC. The predicted molar refractivity (Wildman–Crippen MR) is 249 cm³/mol. The van der Waals surface area contributed by atoms with Crippen LogP contribution in [0.4, 0.5) is 0 Å². The van der Waals surface area contributed by atoms with Crippen LogP contribution in [-0.2, 0) is 12.8 Å². The third-order valence-electron chi connectivity index (χ3n) is 12.1. The third kappa shape index (κ3) is 19.8. The van der Waals surface area contributed by atoms with E-state index in [-0.39, 0.29) is 0 Å². The summed E-state index contributed by atoms with van der Waals surface area (Å²) < 4.78 is 0. The maximum absolute atomic E-state index is 11.9. The minimum atomic E-state index is -0.814. The molecule has 0 aliphatic rings. The van der Waals surface area contributed by atoms with E-state index in [1.807, 2.05) is 36.4 Å². The summed E-state index contributed by atoms with van der Waals surface area (Å²) in [5.74, 6) is -0.327. The van der Waals surface area contributed by atoms with Crippen molar-refractivity contribution in [1.82, 2.24) is 0 Å². The normalized spacial score (nSPS) is 12.9. The van der Waals surface area contributed by atoms with E-state index in [1.165, 1.54) is 89.0 Å². The Morgan fingerprint density at radius 1 is 0.424 bits per heavy atom. The number of rotatable bonds is 27. The Bertz CT molecular complexity index is 1520. The Morgan fingerprint density at radius 2 is 0.814 bits per heavy atom. The van der Waals surface area contributed by atoms with Gasteiger partial charge >= 0.3 is 17.9 Å². The first kappa shape index (κ1) is 53.1. The summed E-state index contributed by atoms with van der Waals surface area (Å²) in [6.07, 6.45) is 23.0. The van der Waals surface area contributed by atoms with Crippen molar-refractivity contribution in [2.24, 2.45) is 11.8 Å². The second kappa shape index (κ2) is 31.9. The molecule has 0 saturated heterocycles. The van der Waals surface area contributed by atoms with Gasteiger partial charge in [0.25, 0.3) is 0 Å². The zero-order chi connectivity index (χ0) is 44.0. The fourth-order valence-electron chi connectivity index (χ4n) is 8.32. The summed E-state index contributed by atoms with van der Waals surface area (Å²) in [4.78, 5) is 34.1. The largest absolute Gasteiger partial charge is 0.478 e. The van der Waals surface area contributed by atoms with Gasteiger partial charge in [0.15, 0.2) is 0 Å². The van der Waals surface area contributed by atoms with Crippen molar-refractivity contribution in [1.29, 1.82) is 0 Å². The Hall–Kier alpha value is -3.93. The van der Waals surface area contributed by atoms with E-state index in [1.54, 1.807) is 24.3 Å². The minimum absolute atomic E-state index is 0.370. The molecule has 0 heterocycles. The first-order valence-corrected chi connectivity index (χ1v) is 23.5. The molecule has 4 atom stereocenters. The highest BCUT2D eigenvalue weighted by atomic mass is 16.4. The molecule has 0 aliphatic carbocycles. The molecule has 0 spiro atoms. The lowest BCUT2D eigenvalue weighted by Gasteiger charge is -2.26. The Labute approximate surface area is 359 Å². The monoisotopic (exact) mass is 815 g/mol. The van der Waals surface area contributed by atoms with Gasteiger partial charge in [0.05, 0.1) is 16.7 Å². The van der Waals surface area contributed by atoms with Gasteiger partial charge < -0.3 is 15.3 Å². The first-order chi connectivity index (χ1) is 28.5. The van der Waals surface area contributed by atoms with Crippen LogP contribution in [0.2, 0.25) is 0 Å². The molecule has 4 unspecified atom stereocenters. The number of unbranched alkanes of at least 4 members (excludes halogenated alkanes) is 6. The van der Waals surface area contributed by atoms with Crippen molar-refractivity contribution in [2.45, 2.75) is 196 Å². The number of carbonyl (C=O) groups is 3. The fourth-order valence-corrected chi connectivity index (χ4v) is 8.32. The molecule has 6 heteroatoms. The highest BCUT2D eigenvalue weighted by Gasteiger charge is 2.24. The van der Waals surface area contributed by atoms with E-state index in [9.17, 15) is 19.5 Å². The lowest BCUT2D eigenvalue weighted by atomic mass is 9.78. The summed E-state index contributed by atoms with van der Waals surface area (Å²) in [6.45, 7) is 17.7. The molecule has 0 radical (unpaired) electrons. The molecule has 0 saturated carbocycles. The van der Waals surface area contributed by atoms with Crippen LogP contribution in [0.5, 0.6) is 0 Å². The quantitative estimate of drug-likeness (QED) is 0.0661. The van der Waals surface area contributed by atoms with Gasteiger partial charge in [-0.3, -0.25) is 0 Å². The smallest absolute Gasteiger partial charge is 0.335 e. The van der Waals surface area contributed by atoms with Crippen LogP contribution in [0.15, 0.2) is 66.7 Å². The van der Waals surface area contributed by atoms with Gasteiger partial charge in [-0.1, -0.05) is 194 Å². The summed E-state index contributed by atoms with van der Waals surface area (Å²) in [5, 5.41) is 28.0. The van der Waals surface area contributed by atoms with Gasteiger partial charge in [0.1, 0.15) is 0 Å². The molecule has 3 aromatic carbocycles. The van der Waals surface area contributed by atoms with Crippen molar-refractivity contribution >= 4 is 17.9 Å². The number of hydrogen-bond acceptors (Lipinski definition) is 3. The highest BCUT2D eigenvalue weighted by Crippen LogP contribution is 2.38. The highest BCUT2D eigenvalue weighted by molar-refractivity contribution is 5.90. The molecule has 59 heavy (non-hydrogen) atoms. The summed E-state index contributed by atoms with van der Waals surface area (Å²) in [7, 11) is 0. The van der Waals surface area contributed by atoms with E-state index in [2.05, 4.69) is 61.5 Å². The standard InChI is InChI=1S/C23H38O2.2C15H22O2/c1-5-9-11-14-18(7-3)20-16-13-17-21(23(24)25)22(20)19(8-4)15-12-10-6-2;2*1-3-5-8-12(4-2)11-13-9-6-7-10-14(13)15(16)17/h13,16-19H,5-12,14-15H2,1-4H3,(H,24,25);2*6-7,9-10,12H,3-5,8,11H2,1-2H3,(H,16,17). The van der Waals surface area contributed by atoms with Crippen molar-refractivity contribution in [3.8, 4) is 0 Å². The van der Waals surface area contributed by atoms with Crippen LogP contribution in [0.1, 0.15) is 236 Å². The summed E-state index contributed by atoms with van der Waals surface area (Å²) in [6, 6.07) is 20.7. The number of aromatic carboxylic acids is 3. The zero-order valence-electron chi connectivity index (χ0n) is 38.4. The third-order valence-corrected chi connectivity index (χ3v) is 12.1. The van der Waals surface area contributed by atoms with Gasteiger partial charge in [-0.2, -0.15) is 0 Å². The maximum Gasteiger partial charge on any atom is 0.335 e. The van der Waals surface area contributed by atoms with E-state index >= 15 is 0 Å². The number of hydrogen-bond donors (Lipinski definition) is 3. The number of carboxylic acid groups (broad SMARTS) is 3. The summed E-state index contributed by atoms with van der Waals surface area (Å²) >= 11 is 0. The van der Waals surface area contributed by atoms with Crippen molar-refractivity contribution in [3.63, 3.8) is 0 Å². The molecule has 0 amide bonds. The molecule has 0 aliphatic heterocycles. The van der Waals surface area contributed by atoms with Crippen LogP contribution < -0.4 is 0 Å². The molecule has 6 nitrogen and oxygen atoms in total. The van der Waals surface area contributed by atoms with E-state index in [0.717, 1.165) is 61.6 Å².